The Bertz CT molecular complexity index is 808. The maximum Gasteiger partial charge on any atom is 0.174 e. The number of nitrogens with zero attached hydrogens (tertiary/aromatic N) is 1. The molecule has 0 aromatic heterocycles. The Hall–Kier alpha value is -1.67. The summed E-state index contributed by atoms with van der Waals surface area (Å²) in [4.78, 5) is 15.2. The van der Waals surface area contributed by atoms with Crippen molar-refractivity contribution in [3.05, 3.63) is 23.3 Å². The molecule has 0 unspecified atom stereocenters. The summed E-state index contributed by atoms with van der Waals surface area (Å²) in [6, 6.07) is 3.69. The Morgan fingerprint density at radius 1 is 1.22 bits per heavy atom. The van der Waals surface area contributed by atoms with E-state index in [0.29, 0.717) is 18.6 Å². The van der Waals surface area contributed by atoms with Gasteiger partial charge in [0.1, 0.15) is 0 Å². The van der Waals surface area contributed by atoms with Gasteiger partial charge in [-0.3, -0.25) is 9.69 Å². The van der Waals surface area contributed by atoms with Crippen molar-refractivity contribution in [2.24, 2.45) is 5.92 Å². The number of carbonyl (C=O) groups is 1. The van der Waals surface area contributed by atoms with Gasteiger partial charge < -0.3 is 25.9 Å². The molecule has 1 aromatic carbocycles. The highest BCUT2D eigenvalue weighted by Crippen LogP contribution is 2.64. The van der Waals surface area contributed by atoms with Gasteiger partial charge in [-0.2, -0.15) is 0 Å². The van der Waals surface area contributed by atoms with Crippen molar-refractivity contribution >= 4 is 5.78 Å². The van der Waals surface area contributed by atoms with Crippen LogP contribution in [0.2, 0.25) is 0 Å². The van der Waals surface area contributed by atoms with Gasteiger partial charge in [0.05, 0.1) is 11.0 Å². The van der Waals surface area contributed by atoms with Crippen molar-refractivity contribution in [3.8, 4) is 11.5 Å². The summed E-state index contributed by atoms with van der Waals surface area (Å²) in [6.45, 7) is 1.95. The molecule has 2 aliphatic heterocycles. The Labute approximate surface area is 157 Å². The van der Waals surface area contributed by atoms with E-state index in [1.807, 2.05) is 6.07 Å². The van der Waals surface area contributed by atoms with Crippen molar-refractivity contribution in [2.45, 2.75) is 61.7 Å². The van der Waals surface area contributed by atoms with Crippen LogP contribution in [0.5, 0.6) is 11.5 Å². The molecule has 3 aliphatic carbocycles. The number of aliphatic hydroxyl groups is 1. The highest BCUT2D eigenvalue weighted by atomic mass is 16.5. The van der Waals surface area contributed by atoms with E-state index in [0.717, 1.165) is 43.0 Å². The lowest BCUT2D eigenvalue weighted by Crippen LogP contribution is -2.76. The van der Waals surface area contributed by atoms with E-state index < -0.39 is 17.1 Å². The minimum Gasteiger partial charge on any atom is -0.504 e. The van der Waals surface area contributed by atoms with Gasteiger partial charge in [-0.05, 0) is 56.2 Å². The normalized spacial score (nSPS) is 38.3. The van der Waals surface area contributed by atoms with Crippen molar-refractivity contribution in [1.29, 1.82) is 0 Å². The number of rotatable bonds is 2. The molecule has 6 rings (SSSR count). The van der Waals surface area contributed by atoms with Gasteiger partial charge in [-0.15, -0.1) is 0 Å². The fraction of sp³-hybridized carbons (Fsp3) is 0.650. The Kier molecular flexibility index (Phi) is 3.92. The largest absolute Gasteiger partial charge is 0.504 e. The van der Waals surface area contributed by atoms with Crippen LogP contribution in [0.3, 0.4) is 0 Å². The lowest BCUT2D eigenvalue weighted by molar-refractivity contribution is -0.188. The Balaban J connectivity index is 0.000000900. The fourth-order valence-electron chi connectivity index (χ4n) is 6.26. The standard InChI is InChI=1S/C20H23NO4.2H2O/c22-13-4-3-12-9-15-20(24)6-5-14(23)18-19(20,16(12)17(13)25-18)7-8-21(15)10-11-1-2-11;;/h3-4,11,15,18,22,24H,1-2,5-10H2;2*1H2/t15-,18+,19+,20-;;/m1../s1. The molecule has 3 fully saturated rings. The predicted molar refractivity (Wildman–Crippen MR) is 97.0 cm³/mol. The average molecular weight is 377 g/mol. The Morgan fingerprint density at radius 2 is 2.00 bits per heavy atom. The van der Waals surface area contributed by atoms with Gasteiger partial charge in [0.2, 0.25) is 0 Å². The van der Waals surface area contributed by atoms with Crippen LogP contribution < -0.4 is 4.74 Å². The molecule has 7 nitrogen and oxygen atoms in total. The predicted octanol–water partition coefficient (Wildman–Crippen LogP) is -0.124. The number of hydrogen-bond acceptors (Lipinski definition) is 5. The summed E-state index contributed by atoms with van der Waals surface area (Å²) in [5, 5.41) is 22.3. The molecule has 2 bridgehead atoms. The van der Waals surface area contributed by atoms with Crippen molar-refractivity contribution < 1.29 is 30.7 Å². The molecule has 5 aliphatic rings. The summed E-state index contributed by atoms with van der Waals surface area (Å²) >= 11 is 0. The maximum atomic E-state index is 12.7. The summed E-state index contributed by atoms with van der Waals surface area (Å²) in [5.74, 6) is 1.39. The second kappa shape index (κ2) is 5.67. The lowest BCUT2D eigenvalue weighted by atomic mass is 9.49. The molecule has 7 heteroatoms. The summed E-state index contributed by atoms with van der Waals surface area (Å²) in [7, 11) is 0. The van der Waals surface area contributed by atoms with Crippen LogP contribution in [-0.4, -0.2) is 62.7 Å². The lowest BCUT2D eigenvalue weighted by Gasteiger charge is -2.62. The number of carbonyl (C=O) groups excluding carboxylic acids is 1. The van der Waals surface area contributed by atoms with E-state index in [1.165, 1.54) is 12.8 Å². The number of hydrogen-bond donors (Lipinski definition) is 2. The number of piperidine rings is 1. The van der Waals surface area contributed by atoms with E-state index >= 15 is 0 Å². The molecule has 0 amide bonds. The molecule has 1 aromatic rings. The number of Topliss-reactive ketones (excluding diaryl/α,β-unsaturated/α-hetero) is 1. The van der Waals surface area contributed by atoms with Gasteiger partial charge in [-0.1, -0.05) is 6.07 Å². The molecule has 1 saturated heterocycles. The number of phenolic OH excluding ortho intramolecular Hbond substituents is 1. The second-order valence-corrected chi connectivity index (χ2v) is 8.72. The molecular formula is C20H27NO6. The van der Waals surface area contributed by atoms with Gasteiger partial charge in [0.15, 0.2) is 23.4 Å². The molecule has 0 radical (unpaired) electrons. The van der Waals surface area contributed by atoms with E-state index in [1.54, 1.807) is 6.07 Å². The van der Waals surface area contributed by atoms with Crippen LogP contribution >= 0.6 is 0 Å². The third-order valence-electron chi connectivity index (χ3n) is 7.56. The van der Waals surface area contributed by atoms with Gasteiger partial charge in [0.25, 0.3) is 0 Å². The van der Waals surface area contributed by atoms with E-state index in [4.69, 9.17) is 4.74 Å². The third-order valence-corrected chi connectivity index (χ3v) is 7.56. The topological polar surface area (TPSA) is 133 Å². The number of ether oxygens (including phenoxy) is 1. The van der Waals surface area contributed by atoms with E-state index in [9.17, 15) is 15.0 Å². The zero-order chi connectivity index (χ0) is 17.0. The first-order chi connectivity index (χ1) is 12.0. The second-order valence-electron chi connectivity index (χ2n) is 8.72. The SMILES string of the molecule is O.O.O=C1CC[C@@]2(O)[C@H]3Cc4ccc(O)c5c4[C@@]2(CCN3CC2CC2)[C@H]1O5. The number of ketones is 1. The van der Waals surface area contributed by atoms with Crippen LogP contribution in [0.1, 0.15) is 43.2 Å². The Morgan fingerprint density at radius 3 is 2.74 bits per heavy atom. The minimum atomic E-state index is -0.940. The number of benzene rings is 1. The third kappa shape index (κ3) is 2.03. The van der Waals surface area contributed by atoms with Gasteiger partial charge in [-0.25, -0.2) is 0 Å². The van der Waals surface area contributed by atoms with Crippen LogP contribution in [0.25, 0.3) is 0 Å². The number of phenols is 1. The molecular weight excluding hydrogens is 350 g/mol. The molecule has 2 heterocycles. The highest BCUT2D eigenvalue weighted by Gasteiger charge is 2.73. The summed E-state index contributed by atoms with van der Waals surface area (Å²) in [5.41, 5.74) is 0.454. The molecule has 27 heavy (non-hydrogen) atoms. The first-order valence-corrected chi connectivity index (χ1v) is 9.56. The van der Waals surface area contributed by atoms with Crippen LogP contribution in [-0.2, 0) is 16.6 Å². The minimum absolute atomic E-state index is 0. The summed E-state index contributed by atoms with van der Waals surface area (Å²) < 4.78 is 6.04. The van der Waals surface area contributed by atoms with Crippen LogP contribution in [0.4, 0.5) is 0 Å². The molecule has 1 spiro atoms. The molecule has 148 valence electrons. The monoisotopic (exact) mass is 377 g/mol. The van der Waals surface area contributed by atoms with E-state index in [-0.39, 0.29) is 28.5 Å². The smallest absolute Gasteiger partial charge is 0.174 e. The molecule has 2 saturated carbocycles. The fourth-order valence-corrected chi connectivity index (χ4v) is 6.26. The van der Waals surface area contributed by atoms with Gasteiger partial charge in [0, 0.05) is 24.6 Å². The highest BCUT2D eigenvalue weighted by molar-refractivity contribution is 5.90. The van der Waals surface area contributed by atoms with Crippen molar-refractivity contribution in [3.63, 3.8) is 0 Å². The zero-order valence-corrected chi connectivity index (χ0v) is 15.2. The number of likely N-dealkylation sites (tertiary alicyclic amines) is 1. The number of aromatic hydroxyl groups is 1. The quantitative estimate of drug-likeness (QED) is 0.741. The first-order valence-electron chi connectivity index (χ1n) is 9.56. The van der Waals surface area contributed by atoms with Crippen LogP contribution in [0.15, 0.2) is 12.1 Å². The molecule has 6 N–H and O–H groups in total. The summed E-state index contributed by atoms with van der Waals surface area (Å²) in [6.07, 6.45) is 4.33. The van der Waals surface area contributed by atoms with Gasteiger partial charge >= 0.3 is 0 Å². The molecule has 4 atom stereocenters. The van der Waals surface area contributed by atoms with Crippen molar-refractivity contribution in [1.82, 2.24) is 4.90 Å². The average Bonchev–Trinajstić information content (AvgIpc) is 3.32. The van der Waals surface area contributed by atoms with Crippen LogP contribution in [0, 0.1) is 5.92 Å². The maximum absolute atomic E-state index is 12.7. The van der Waals surface area contributed by atoms with Crippen molar-refractivity contribution in [2.75, 3.05) is 13.1 Å². The first kappa shape index (κ1) is 18.7. The zero-order valence-electron chi connectivity index (χ0n) is 15.2. The van der Waals surface area contributed by atoms with E-state index in [2.05, 4.69) is 4.90 Å².